The van der Waals surface area contributed by atoms with Crippen molar-refractivity contribution in [2.75, 3.05) is 23.7 Å². The molecule has 0 unspecified atom stereocenters. The second-order valence-electron chi connectivity index (χ2n) is 7.71. The highest BCUT2D eigenvalue weighted by Gasteiger charge is 2.29. The molecular weight excluding hydrogens is 366 g/mol. The average molecular weight is 393 g/mol. The molecule has 0 saturated carbocycles. The zero-order valence-electron chi connectivity index (χ0n) is 17.1. The van der Waals surface area contributed by atoms with Crippen LogP contribution >= 0.6 is 0 Å². The fraction of sp³-hybridized carbons (Fsp3) is 0.348. The Bertz CT molecular complexity index is 901. The highest BCUT2D eigenvalue weighted by atomic mass is 16.2. The Morgan fingerprint density at radius 2 is 1.52 bits per heavy atom. The number of hydrogen-bond acceptors (Lipinski definition) is 3. The number of rotatable bonds is 4. The third-order valence-electron chi connectivity index (χ3n) is 5.02. The predicted octanol–water partition coefficient (Wildman–Crippen LogP) is 3.75. The number of aryl methyl sites for hydroxylation is 2. The smallest absolute Gasteiger partial charge is 0.253 e. The molecule has 0 bridgehead atoms. The van der Waals surface area contributed by atoms with Crippen molar-refractivity contribution in [2.45, 2.75) is 33.6 Å². The van der Waals surface area contributed by atoms with E-state index in [1.54, 1.807) is 29.2 Å². The second-order valence-corrected chi connectivity index (χ2v) is 7.71. The van der Waals surface area contributed by atoms with Gasteiger partial charge in [-0.25, -0.2) is 0 Å². The number of benzene rings is 2. The summed E-state index contributed by atoms with van der Waals surface area (Å²) in [6, 6.07) is 12.8. The van der Waals surface area contributed by atoms with Crippen molar-refractivity contribution in [3.05, 3.63) is 59.2 Å². The van der Waals surface area contributed by atoms with Gasteiger partial charge in [-0.05, 0) is 63.1 Å². The first kappa shape index (κ1) is 20.6. The Balaban J connectivity index is 1.63. The molecule has 2 aromatic rings. The van der Waals surface area contributed by atoms with E-state index in [0.29, 0.717) is 30.0 Å². The van der Waals surface area contributed by atoms with Gasteiger partial charge in [0.1, 0.15) is 0 Å². The Morgan fingerprint density at radius 1 is 0.931 bits per heavy atom. The molecule has 1 fully saturated rings. The topological polar surface area (TPSA) is 78.5 Å². The van der Waals surface area contributed by atoms with Crippen molar-refractivity contribution >= 4 is 29.1 Å². The summed E-state index contributed by atoms with van der Waals surface area (Å²) in [6.45, 7) is 6.49. The molecule has 1 aliphatic rings. The Hall–Kier alpha value is -3.15. The van der Waals surface area contributed by atoms with Gasteiger partial charge in [0, 0.05) is 37.0 Å². The maximum Gasteiger partial charge on any atom is 0.253 e. The van der Waals surface area contributed by atoms with Gasteiger partial charge in [-0.15, -0.1) is 0 Å². The number of amides is 3. The minimum Gasteiger partial charge on any atom is -0.338 e. The minimum atomic E-state index is -0.242. The standard InChI is InChI=1S/C23H27N3O3/c1-15-11-16(2)13-19(12-15)23(29)26-10-4-5-18(14-26)22(28)25-21-8-6-20(7-9-21)24-17(3)27/h6-9,11-13,18H,4-5,10,14H2,1-3H3,(H,24,27)(H,25,28)/t18-/m1/s1. The average Bonchev–Trinajstić information content (AvgIpc) is 2.68. The van der Waals surface area contributed by atoms with Crippen molar-refractivity contribution in [3.8, 4) is 0 Å². The molecule has 3 amide bonds. The van der Waals surface area contributed by atoms with Gasteiger partial charge in [0.15, 0.2) is 0 Å². The Morgan fingerprint density at radius 3 is 2.10 bits per heavy atom. The molecule has 6 heteroatoms. The van der Waals surface area contributed by atoms with Gasteiger partial charge in [0.2, 0.25) is 11.8 Å². The number of anilines is 2. The summed E-state index contributed by atoms with van der Waals surface area (Å²) in [5.74, 6) is -0.490. The van der Waals surface area contributed by atoms with Crippen molar-refractivity contribution in [2.24, 2.45) is 5.92 Å². The van der Waals surface area contributed by atoms with Crippen LogP contribution in [0, 0.1) is 19.8 Å². The first-order chi connectivity index (χ1) is 13.8. The fourth-order valence-corrected chi connectivity index (χ4v) is 3.74. The van der Waals surface area contributed by atoms with Crippen LogP contribution in [0.5, 0.6) is 0 Å². The Kier molecular flexibility index (Phi) is 6.32. The van der Waals surface area contributed by atoms with E-state index >= 15 is 0 Å². The molecular formula is C23H27N3O3. The van der Waals surface area contributed by atoms with E-state index < -0.39 is 0 Å². The van der Waals surface area contributed by atoms with E-state index in [1.165, 1.54) is 6.92 Å². The maximum atomic E-state index is 12.9. The van der Waals surface area contributed by atoms with E-state index in [0.717, 1.165) is 24.0 Å². The quantitative estimate of drug-likeness (QED) is 0.830. The lowest BCUT2D eigenvalue weighted by Crippen LogP contribution is -2.43. The lowest BCUT2D eigenvalue weighted by molar-refractivity contribution is -0.121. The molecule has 29 heavy (non-hydrogen) atoms. The highest BCUT2D eigenvalue weighted by molar-refractivity contribution is 5.97. The van der Waals surface area contributed by atoms with Gasteiger partial charge in [-0.3, -0.25) is 14.4 Å². The van der Waals surface area contributed by atoms with Crippen LogP contribution in [-0.2, 0) is 9.59 Å². The van der Waals surface area contributed by atoms with Crippen LogP contribution in [0.4, 0.5) is 11.4 Å². The zero-order chi connectivity index (χ0) is 21.0. The van der Waals surface area contributed by atoms with E-state index in [-0.39, 0.29) is 23.6 Å². The van der Waals surface area contributed by atoms with Gasteiger partial charge in [-0.1, -0.05) is 17.2 Å². The summed E-state index contributed by atoms with van der Waals surface area (Å²) in [7, 11) is 0. The molecule has 0 aliphatic carbocycles. The monoisotopic (exact) mass is 393 g/mol. The Labute approximate surface area is 171 Å². The van der Waals surface area contributed by atoms with Gasteiger partial charge in [-0.2, -0.15) is 0 Å². The van der Waals surface area contributed by atoms with Gasteiger partial charge in [0.25, 0.3) is 5.91 Å². The SMILES string of the molecule is CC(=O)Nc1ccc(NC(=O)[C@@H]2CCCN(C(=O)c3cc(C)cc(C)c3)C2)cc1. The van der Waals surface area contributed by atoms with Gasteiger partial charge in [0.05, 0.1) is 5.92 Å². The summed E-state index contributed by atoms with van der Waals surface area (Å²) >= 11 is 0. The third kappa shape index (κ3) is 5.44. The highest BCUT2D eigenvalue weighted by Crippen LogP contribution is 2.22. The predicted molar refractivity (Wildman–Crippen MR) is 114 cm³/mol. The van der Waals surface area contributed by atoms with Crippen LogP contribution in [-0.4, -0.2) is 35.7 Å². The molecule has 2 aromatic carbocycles. The number of hydrogen-bond donors (Lipinski definition) is 2. The minimum absolute atomic E-state index is 0.0195. The van der Waals surface area contributed by atoms with Crippen molar-refractivity contribution in [1.29, 1.82) is 0 Å². The molecule has 0 spiro atoms. The first-order valence-electron chi connectivity index (χ1n) is 9.88. The second kappa shape index (κ2) is 8.90. The molecule has 6 nitrogen and oxygen atoms in total. The van der Waals surface area contributed by atoms with Gasteiger partial charge < -0.3 is 15.5 Å². The molecule has 2 N–H and O–H groups in total. The van der Waals surface area contributed by atoms with Crippen molar-refractivity contribution < 1.29 is 14.4 Å². The van der Waals surface area contributed by atoms with Crippen LogP contribution in [0.15, 0.2) is 42.5 Å². The van der Waals surface area contributed by atoms with Crippen LogP contribution in [0.1, 0.15) is 41.3 Å². The summed E-state index contributed by atoms with van der Waals surface area (Å²) in [6.07, 6.45) is 1.56. The van der Waals surface area contributed by atoms with E-state index in [9.17, 15) is 14.4 Å². The summed E-state index contributed by atoms with van der Waals surface area (Å²) in [4.78, 5) is 38.5. The number of nitrogens with zero attached hydrogens (tertiary/aromatic N) is 1. The number of likely N-dealkylation sites (tertiary alicyclic amines) is 1. The number of carbonyl (C=O) groups is 3. The number of nitrogens with one attached hydrogen (secondary N) is 2. The number of piperidine rings is 1. The molecule has 1 aliphatic heterocycles. The molecule has 0 radical (unpaired) electrons. The first-order valence-corrected chi connectivity index (χ1v) is 9.88. The molecule has 0 aromatic heterocycles. The van der Waals surface area contributed by atoms with Crippen LogP contribution in [0.2, 0.25) is 0 Å². The lowest BCUT2D eigenvalue weighted by atomic mass is 9.96. The molecule has 3 rings (SSSR count). The largest absolute Gasteiger partial charge is 0.338 e. The van der Waals surface area contributed by atoms with Crippen molar-refractivity contribution in [1.82, 2.24) is 4.90 Å². The zero-order valence-corrected chi connectivity index (χ0v) is 17.1. The van der Waals surface area contributed by atoms with Gasteiger partial charge >= 0.3 is 0 Å². The third-order valence-corrected chi connectivity index (χ3v) is 5.02. The summed E-state index contributed by atoms with van der Waals surface area (Å²) in [5, 5.41) is 5.61. The number of carbonyl (C=O) groups excluding carboxylic acids is 3. The van der Waals surface area contributed by atoms with Crippen LogP contribution < -0.4 is 10.6 Å². The summed E-state index contributed by atoms with van der Waals surface area (Å²) < 4.78 is 0. The molecule has 1 saturated heterocycles. The van der Waals surface area contributed by atoms with E-state index in [1.807, 2.05) is 32.0 Å². The van der Waals surface area contributed by atoms with Crippen LogP contribution in [0.3, 0.4) is 0 Å². The maximum absolute atomic E-state index is 12.9. The normalized spacial score (nSPS) is 16.2. The van der Waals surface area contributed by atoms with E-state index in [4.69, 9.17) is 0 Å². The molecule has 152 valence electrons. The fourth-order valence-electron chi connectivity index (χ4n) is 3.74. The lowest BCUT2D eigenvalue weighted by Gasteiger charge is -2.32. The molecule has 1 atom stereocenters. The summed E-state index contributed by atoms with van der Waals surface area (Å²) in [5.41, 5.74) is 4.14. The molecule has 1 heterocycles. The van der Waals surface area contributed by atoms with Crippen LogP contribution in [0.25, 0.3) is 0 Å². The van der Waals surface area contributed by atoms with Crippen molar-refractivity contribution in [3.63, 3.8) is 0 Å². The van der Waals surface area contributed by atoms with E-state index in [2.05, 4.69) is 10.6 Å².